The van der Waals surface area contributed by atoms with E-state index in [-0.39, 0.29) is 41.8 Å². The lowest BCUT2D eigenvalue weighted by Gasteiger charge is -2.61. The van der Waals surface area contributed by atoms with E-state index in [0.717, 1.165) is 5.57 Å². The van der Waals surface area contributed by atoms with E-state index in [4.69, 9.17) is 0 Å². The van der Waals surface area contributed by atoms with E-state index in [9.17, 15) is 30.0 Å². The monoisotopic (exact) mass is 378 g/mol. The predicted octanol–water partition coefficient (Wildman–Crippen LogP) is 0.752. The second-order valence-corrected chi connectivity index (χ2v) is 9.70. The number of fused-ring (bicyclic) bond motifs is 5. The van der Waals surface area contributed by atoms with Gasteiger partial charge in [0.1, 0.15) is 12.2 Å². The number of aliphatic hydroxyl groups excluding tert-OH is 3. The Kier molecular flexibility index (Phi) is 4.25. The van der Waals surface area contributed by atoms with Gasteiger partial charge in [-0.15, -0.1) is 0 Å². The molecule has 4 aliphatic carbocycles. The van der Waals surface area contributed by atoms with Crippen LogP contribution in [0.1, 0.15) is 52.4 Å². The lowest BCUT2D eigenvalue weighted by atomic mass is 9.44. The molecule has 8 atom stereocenters. The van der Waals surface area contributed by atoms with Gasteiger partial charge in [-0.2, -0.15) is 0 Å². The van der Waals surface area contributed by atoms with E-state index in [1.165, 1.54) is 0 Å². The third-order valence-electron chi connectivity index (χ3n) is 8.68. The molecular weight excluding hydrogens is 348 g/mol. The zero-order chi connectivity index (χ0) is 19.8. The molecule has 4 rings (SSSR count). The highest BCUT2D eigenvalue weighted by Gasteiger charge is 2.69. The first-order valence-corrected chi connectivity index (χ1v) is 10.0. The van der Waals surface area contributed by atoms with E-state index in [1.807, 2.05) is 6.92 Å². The summed E-state index contributed by atoms with van der Waals surface area (Å²) < 4.78 is 0. The second kappa shape index (κ2) is 5.96. The summed E-state index contributed by atoms with van der Waals surface area (Å²) in [7, 11) is 0. The molecule has 0 saturated heterocycles. The van der Waals surface area contributed by atoms with Gasteiger partial charge in [-0.3, -0.25) is 9.59 Å². The lowest BCUT2D eigenvalue weighted by Crippen LogP contribution is -2.64. The molecule has 150 valence electrons. The summed E-state index contributed by atoms with van der Waals surface area (Å²) in [5.74, 6) is -1.08. The fourth-order valence-corrected chi connectivity index (χ4v) is 7.24. The average Bonchev–Trinajstić information content (AvgIpc) is 2.87. The zero-order valence-corrected chi connectivity index (χ0v) is 16.0. The van der Waals surface area contributed by atoms with Crippen LogP contribution < -0.4 is 0 Å². The summed E-state index contributed by atoms with van der Waals surface area (Å²) in [6.07, 6.45) is 2.73. The Hall–Kier alpha value is -1.08. The number of Topliss-reactive ketones (excluding diaryl/α,β-unsaturated/α-hetero) is 1. The van der Waals surface area contributed by atoms with Crippen molar-refractivity contribution in [1.82, 2.24) is 0 Å². The first-order valence-electron chi connectivity index (χ1n) is 10.0. The number of ketones is 2. The highest BCUT2D eigenvalue weighted by Crippen LogP contribution is 2.67. The Morgan fingerprint density at radius 1 is 1.22 bits per heavy atom. The van der Waals surface area contributed by atoms with Gasteiger partial charge in [-0.25, -0.2) is 0 Å². The van der Waals surface area contributed by atoms with Gasteiger partial charge < -0.3 is 20.4 Å². The highest BCUT2D eigenvalue weighted by atomic mass is 16.3. The number of carbonyl (C=O) groups excluding carboxylic acids is 2. The molecule has 0 bridgehead atoms. The van der Waals surface area contributed by atoms with Gasteiger partial charge in [-0.05, 0) is 61.3 Å². The van der Waals surface area contributed by atoms with Gasteiger partial charge in [0.2, 0.25) is 0 Å². The van der Waals surface area contributed by atoms with Crippen molar-refractivity contribution in [3.05, 3.63) is 11.6 Å². The molecule has 3 saturated carbocycles. The second-order valence-electron chi connectivity index (χ2n) is 9.70. The van der Waals surface area contributed by atoms with Crippen LogP contribution in [-0.4, -0.2) is 56.4 Å². The standard InChI is InChI=1S/C21H30O6/c1-19-5-3-12(23)7-11(19)8-14(24)17-13-4-6-21(27,16(26)10-22)20(13,2)9-15(25)18(17)19/h7,13-15,17-18,22,24-25,27H,3-6,8-10H2,1-2H3/t13-,14+,15-,17+,18-,19-,20-,21-/m0/s1. The first kappa shape index (κ1) is 19.2. The van der Waals surface area contributed by atoms with E-state index in [0.29, 0.717) is 25.7 Å². The van der Waals surface area contributed by atoms with Gasteiger partial charge in [0.25, 0.3) is 0 Å². The molecule has 6 heteroatoms. The van der Waals surface area contributed by atoms with Crippen LogP contribution in [0.15, 0.2) is 11.6 Å². The van der Waals surface area contributed by atoms with E-state index in [2.05, 4.69) is 6.92 Å². The van der Waals surface area contributed by atoms with E-state index < -0.39 is 35.6 Å². The Balaban J connectivity index is 1.78. The molecule has 3 fully saturated rings. The summed E-state index contributed by atoms with van der Waals surface area (Å²) in [4.78, 5) is 24.3. The van der Waals surface area contributed by atoms with Crippen LogP contribution >= 0.6 is 0 Å². The Labute approximate surface area is 159 Å². The van der Waals surface area contributed by atoms with Crippen molar-refractivity contribution in [1.29, 1.82) is 0 Å². The van der Waals surface area contributed by atoms with Crippen molar-refractivity contribution in [2.45, 2.75) is 70.2 Å². The molecule has 0 aromatic carbocycles. The van der Waals surface area contributed by atoms with Gasteiger partial charge in [0, 0.05) is 11.8 Å². The van der Waals surface area contributed by atoms with Crippen molar-refractivity contribution in [3.63, 3.8) is 0 Å². The maximum Gasteiger partial charge on any atom is 0.190 e. The van der Waals surface area contributed by atoms with Gasteiger partial charge >= 0.3 is 0 Å². The smallest absolute Gasteiger partial charge is 0.190 e. The van der Waals surface area contributed by atoms with Gasteiger partial charge in [-0.1, -0.05) is 19.4 Å². The van der Waals surface area contributed by atoms with Crippen LogP contribution in [-0.2, 0) is 9.59 Å². The fourth-order valence-electron chi connectivity index (χ4n) is 7.24. The summed E-state index contributed by atoms with van der Waals surface area (Å²) in [6, 6.07) is 0. The number of aliphatic hydroxyl groups is 4. The van der Waals surface area contributed by atoms with Crippen molar-refractivity contribution in [2.24, 2.45) is 28.6 Å². The molecule has 0 spiro atoms. The van der Waals surface area contributed by atoms with E-state index in [1.54, 1.807) is 6.08 Å². The molecule has 0 aromatic rings. The fraction of sp³-hybridized carbons (Fsp3) is 0.810. The Morgan fingerprint density at radius 2 is 1.93 bits per heavy atom. The molecular formula is C21H30O6. The van der Waals surface area contributed by atoms with Crippen LogP contribution in [0.25, 0.3) is 0 Å². The number of hydrogen-bond donors (Lipinski definition) is 4. The lowest BCUT2D eigenvalue weighted by molar-refractivity contribution is -0.197. The zero-order valence-electron chi connectivity index (χ0n) is 16.0. The summed E-state index contributed by atoms with van der Waals surface area (Å²) in [5.41, 5.74) is -1.97. The quantitative estimate of drug-likeness (QED) is 0.564. The van der Waals surface area contributed by atoms with Crippen LogP contribution in [0.4, 0.5) is 0 Å². The summed E-state index contributed by atoms with van der Waals surface area (Å²) in [5, 5.41) is 42.7. The first-order chi connectivity index (χ1) is 12.6. The molecule has 0 radical (unpaired) electrons. The third kappa shape index (κ3) is 2.33. The summed E-state index contributed by atoms with van der Waals surface area (Å²) >= 11 is 0. The van der Waals surface area contributed by atoms with Crippen LogP contribution in [0.3, 0.4) is 0 Å². The minimum absolute atomic E-state index is 0.0760. The summed E-state index contributed by atoms with van der Waals surface area (Å²) in [6.45, 7) is 3.18. The van der Waals surface area contributed by atoms with Crippen molar-refractivity contribution in [3.8, 4) is 0 Å². The molecule has 0 aliphatic heterocycles. The van der Waals surface area contributed by atoms with Crippen molar-refractivity contribution >= 4 is 11.6 Å². The molecule has 6 nitrogen and oxygen atoms in total. The molecule has 0 amide bonds. The number of carbonyl (C=O) groups is 2. The molecule has 27 heavy (non-hydrogen) atoms. The average molecular weight is 378 g/mol. The van der Waals surface area contributed by atoms with Crippen molar-refractivity contribution in [2.75, 3.05) is 6.61 Å². The highest BCUT2D eigenvalue weighted by molar-refractivity contribution is 5.92. The van der Waals surface area contributed by atoms with Crippen LogP contribution in [0, 0.1) is 28.6 Å². The molecule has 4 N–H and O–H groups in total. The Morgan fingerprint density at radius 3 is 2.59 bits per heavy atom. The normalized spacial score (nSPS) is 51.9. The third-order valence-corrected chi connectivity index (χ3v) is 8.68. The maximum absolute atomic E-state index is 12.4. The minimum atomic E-state index is -1.67. The van der Waals surface area contributed by atoms with Gasteiger partial charge in [0.15, 0.2) is 11.6 Å². The van der Waals surface area contributed by atoms with Crippen LogP contribution in [0.5, 0.6) is 0 Å². The number of hydrogen-bond acceptors (Lipinski definition) is 6. The van der Waals surface area contributed by atoms with Gasteiger partial charge in [0.05, 0.1) is 12.2 Å². The van der Waals surface area contributed by atoms with E-state index >= 15 is 0 Å². The molecule has 0 unspecified atom stereocenters. The van der Waals surface area contributed by atoms with Crippen LogP contribution in [0.2, 0.25) is 0 Å². The molecule has 0 heterocycles. The topological polar surface area (TPSA) is 115 Å². The Bertz CT molecular complexity index is 715. The molecule has 4 aliphatic rings. The van der Waals surface area contributed by atoms with Crippen molar-refractivity contribution < 1.29 is 30.0 Å². The molecule has 0 aromatic heterocycles. The number of rotatable bonds is 2. The maximum atomic E-state index is 12.4. The largest absolute Gasteiger partial charge is 0.393 e. The SMILES string of the molecule is C[C@]12CCC(=O)C=C1C[C@@H](O)[C@@H]1[C@@H]2[C@@H](O)C[C@@]2(C)[C@H]1CC[C@]2(O)C(=O)CO. The predicted molar refractivity (Wildman–Crippen MR) is 96.5 cm³/mol. The minimum Gasteiger partial charge on any atom is -0.393 e.